The number of carbonyl (C=O) groups is 2. The first-order valence-corrected chi connectivity index (χ1v) is 6.22. The lowest BCUT2D eigenvalue weighted by Gasteiger charge is -2.16. The van der Waals surface area contributed by atoms with Crippen LogP contribution in [0.5, 0.6) is 5.75 Å². The Morgan fingerprint density at radius 2 is 1.84 bits per heavy atom. The zero-order valence-electron chi connectivity index (χ0n) is 10.6. The van der Waals surface area contributed by atoms with Gasteiger partial charge in [-0.3, -0.25) is 4.79 Å². The second-order valence-corrected chi connectivity index (χ2v) is 4.40. The molecule has 0 unspecified atom stereocenters. The van der Waals surface area contributed by atoms with Crippen molar-refractivity contribution in [3.8, 4) is 5.75 Å². The molecule has 3 amide bonds. The summed E-state index contributed by atoms with van der Waals surface area (Å²) in [6, 6.07) is 6.74. The molecular formula is C13H17N3O3. The van der Waals surface area contributed by atoms with Crippen molar-refractivity contribution in [2.45, 2.75) is 12.8 Å². The van der Waals surface area contributed by atoms with Gasteiger partial charge in [0.25, 0.3) is 5.91 Å². The highest BCUT2D eigenvalue weighted by atomic mass is 16.5. The molecule has 0 aromatic heterocycles. The first kappa shape index (κ1) is 13.2. The van der Waals surface area contributed by atoms with E-state index in [0.29, 0.717) is 11.4 Å². The molecule has 1 aromatic carbocycles. The van der Waals surface area contributed by atoms with Gasteiger partial charge in [-0.15, -0.1) is 0 Å². The minimum Gasteiger partial charge on any atom is -0.484 e. The molecule has 6 heteroatoms. The number of nitrogens with one attached hydrogen (secondary N) is 1. The fourth-order valence-corrected chi connectivity index (χ4v) is 1.91. The first-order valence-electron chi connectivity index (χ1n) is 6.22. The Bertz CT molecular complexity index is 453. The van der Waals surface area contributed by atoms with Crippen LogP contribution in [-0.2, 0) is 4.79 Å². The van der Waals surface area contributed by atoms with Gasteiger partial charge in [-0.05, 0) is 37.1 Å². The van der Waals surface area contributed by atoms with Gasteiger partial charge in [-0.1, -0.05) is 0 Å². The summed E-state index contributed by atoms with van der Waals surface area (Å²) in [6.45, 7) is 1.47. The SMILES string of the molecule is NC(=O)COc1ccc(NC(=O)N2CCCC2)cc1. The number of likely N-dealkylation sites (tertiary alicyclic amines) is 1. The van der Waals surface area contributed by atoms with E-state index in [9.17, 15) is 9.59 Å². The molecule has 1 aliphatic rings. The molecule has 0 spiro atoms. The van der Waals surface area contributed by atoms with E-state index in [-0.39, 0.29) is 12.6 Å². The minimum absolute atomic E-state index is 0.0803. The molecule has 0 bridgehead atoms. The lowest BCUT2D eigenvalue weighted by Crippen LogP contribution is -2.32. The first-order chi connectivity index (χ1) is 9.15. The lowest BCUT2D eigenvalue weighted by molar-refractivity contribution is -0.119. The molecule has 1 aliphatic heterocycles. The molecule has 19 heavy (non-hydrogen) atoms. The van der Waals surface area contributed by atoms with Crippen LogP contribution in [0.3, 0.4) is 0 Å². The van der Waals surface area contributed by atoms with Crippen molar-refractivity contribution < 1.29 is 14.3 Å². The summed E-state index contributed by atoms with van der Waals surface area (Å²) < 4.78 is 5.13. The lowest BCUT2D eigenvalue weighted by atomic mass is 10.3. The summed E-state index contributed by atoms with van der Waals surface area (Å²) in [4.78, 5) is 24.2. The van der Waals surface area contributed by atoms with E-state index >= 15 is 0 Å². The molecule has 2 rings (SSSR count). The molecule has 102 valence electrons. The predicted molar refractivity (Wildman–Crippen MR) is 71.0 cm³/mol. The Hall–Kier alpha value is -2.24. The van der Waals surface area contributed by atoms with Crippen molar-refractivity contribution in [1.29, 1.82) is 0 Å². The van der Waals surface area contributed by atoms with Gasteiger partial charge in [-0.2, -0.15) is 0 Å². The van der Waals surface area contributed by atoms with Crippen LogP contribution in [0.1, 0.15) is 12.8 Å². The van der Waals surface area contributed by atoms with Gasteiger partial charge in [-0.25, -0.2) is 4.79 Å². The zero-order valence-corrected chi connectivity index (χ0v) is 10.6. The Morgan fingerprint density at radius 1 is 1.21 bits per heavy atom. The molecule has 6 nitrogen and oxygen atoms in total. The Balaban J connectivity index is 1.87. The van der Waals surface area contributed by atoms with Gasteiger partial charge in [0.1, 0.15) is 5.75 Å². The third-order valence-corrected chi connectivity index (χ3v) is 2.88. The fraction of sp³-hybridized carbons (Fsp3) is 0.385. The van der Waals surface area contributed by atoms with Crippen LogP contribution in [0, 0.1) is 0 Å². The Kier molecular flexibility index (Phi) is 4.22. The third-order valence-electron chi connectivity index (χ3n) is 2.88. The maximum absolute atomic E-state index is 11.8. The van der Waals surface area contributed by atoms with Crippen molar-refractivity contribution in [2.75, 3.05) is 25.0 Å². The maximum Gasteiger partial charge on any atom is 0.321 e. The third kappa shape index (κ3) is 3.87. The molecular weight excluding hydrogens is 246 g/mol. The minimum atomic E-state index is -0.522. The summed E-state index contributed by atoms with van der Waals surface area (Å²) in [5.41, 5.74) is 5.68. The highest BCUT2D eigenvalue weighted by Gasteiger charge is 2.17. The number of ether oxygens (including phenoxy) is 1. The summed E-state index contributed by atoms with van der Waals surface area (Å²) in [5, 5.41) is 2.82. The largest absolute Gasteiger partial charge is 0.484 e. The second-order valence-electron chi connectivity index (χ2n) is 4.40. The molecule has 1 aromatic rings. The summed E-state index contributed by atoms with van der Waals surface area (Å²) in [6.07, 6.45) is 2.13. The van der Waals surface area contributed by atoms with Crippen molar-refractivity contribution in [1.82, 2.24) is 4.90 Å². The van der Waals surface area contributed by atoms with Crippen LogP contribution in [0.15, 0.2) is 24.3 Å². The molecule has 1 fully saturated rings. The highest BCUT2D eigenvalue weighted by molar-refractivity contribution is 5.89. The van der Waals surface area contributed by atoms with E-state index in [2.05, 4.69) is 5.32 Å². The zero-order chi connectivity index (χ0) is 13.7. The number of benzene rings is 1. The van der Waals surface area contributed by atoms with Gasteiger partial charge in [0.15, 0.2) is 6.61 Å². The fourth-order valence-electron chi connectivity index (χ4n) is 1.91. The van der Waals surface area contributed by atoms with Gasteiger partial charge in [0.05, 0.1) is 0 Å². The number of nitrogens with zero attached hydrogens (tertiary/aromatic N) is 1. The number of carbonyl (C=O) groups excluding carboxylic acids is 2. The van der Waals surface area contributed by atoms with E-state index < -0.39 is 5.91 Å². The van der Waals surface area contributed by atoms with E-state index in [1.54, 1.807) is 29.2 Å². The van der Waals surface area contributed by atoms with Gasteiger partial charge >= 0.3 is 6.03 Å². The number of urea groups is 1. The molecule has 0 aliphatic carbocycles. The standard InChI is InChI=1S/C13H17N3O3/c14-12(17)9-19-11-5-3-10(4-6-11)15-13(18)16-7-1-2-8-16/h3-6H,1-2,7-9H2,(H2,14,17)(H,15,18). The number of hydrogen-bond acceptors (Lipinski definition) is 3. The molecule has 1 heterocycles. The normalized spacial score (nSPS) is 14.2. The summed E-state index contributed by atoms with van der Waals surface area (Å²) >= 11 is 0. The average Bonchev–Trinajstić information content (AvgIpc) is 2.92. The molecule has 1 saturated heterocycles. The van der Waals surface area contributed by atoms with Crippen LogP contribution < -0.4 is 15.8 Å². The molecule has 0 atom stereocenters. The van der Waals surface area contributed by atoms with Crippen LogP contribution >= 0.6 is 0 Å². The van der Waals surface area contributed by atoms with E-state index in [4.69, 9.17) is 10.5 Å². The van der Waals surface area contributed by atoms with Gasteiger partial charge in [0, 0.05) is 18.8 Å². The van der Waals surface area contributed by atoms with E-state index in [1.807, 2.05) is 0 Å². The van der Waals surface area contributed by atoms with Gasteiger partial charge < -0.3 is 20.7 Å². The quantitative estimate of drug-likeness (QED) is 0.855. The number of amides is 3. The second kappa shape index (κ2) is 6.08. The number of nitrogens with two attached hydrogens (primary N) is 1. The van der Waals surface area contributed by atoms with E-state index in [1.165, 1.54) is 0 Å². The summed E-state index contributed by atoms with van der Waals surface area (Å²) in [5.74, 6) is 0.0179. The van der Waals surface area contributed by atoms with Crippen molar-refractivity contribution in [3.05, 3.63) is 24.3 Å². The highest BCUT2D eigenvalue weighted by Crippen LogP contribution is 2.17. The maximum atomic E-state index is 11.8. The van der Waals surface area contributed by atoms with Crippen LogP contribution in [0.4, 0.5) is 10.5 Å². The Morgan fingerprint density at radius 3 is 2.42 bits per heavy atom. The molecule has 0 radical (unpaired) electrons. The molecule has 0 saturated carbocycles. The monoisotopic (exact) mass is 263 g/mol. The van der Waals surface area contributed by atoms with Crippen molar-refractivity contribution in [3.63, 3.8) is 0 Å². The Labute approximate surface area is 111 Å². The summed E-state index contributed by atoms with van der Waals surface area (Å²) in [7, 11) is 0. The van der Waals surface area contributed by atoms with Crippen molar-refractivity contribution in [2.24, 2.45) is 5.73 Å². The predicted octanol–water partition coefficient (Wildman–Crippen LogP) is 1.18. The van der Waals surface area contributed by atoms with Crippen LogP contribution in [-0.4, -0.2) is 36.5 Å². The number of primary amides is 1. The topological polar surface area (TPSA) is 84.7 Å². The van der Waals surface area contributed by atoms with Crippen LogP contribution in [0.2, 0.25) is 0 Å². The smallest absolute Gasteiger partial charge is 0.321 e. The number of rotatable bonds is 4. The van der Waals surface area contributed by atoms with Gasteiger partial charge in [0.2, 0.25) is 0 Å². The molecule has 3 N–H and O–H groups in total. The van der Waals surface area contributed by atoms with Crippen LogP contribution in [0.25, 0.3) is 0 Å². The van der Waals surface area contributed by atoms with Crippen molar-refractivity contribution >= 4 is 17.6 Å². The number of hydrogen-bond donors (Lipinski definition) is 2. The average molecular weight is 263 g/mol. The van der Waals surface area contributed by atoms with E-state index in [0.717, 1.165) is 25.9 Å². The number of anilines is 1.